The summed E-state index contributed by atoms with van der Waals surface area (Å²) >= 11 is 0. The minimum absolute atomic E-state index is 0.00215. The zero-order valence-corrected chi connectivity index (χ0v) is 8.93. The third-order valence-electron chi connectivity index (χ3n) is 2.33. The van der Waals surface area contributed by atoms with Crippen LogP contribution in [0.1, 0.15) is 18.5 Å². The third-order valence-corrected chi connectivity index (χ3v) is 2.33. The van der Waals surface area contributed by atoms with Gasteiger partial charge in [0, 0.05) is 24.2 Å². The van der Waals surface area contributed by atoms with Gasteiger partial charge >= 0.3 is 0 Å². The third kappa shape index (κ3) is 4.08. The molecule has 0 radical (unpaired) electrons. The van der Waals surface area contributed by atoms with Gasteiger partial charge in [0.2, 0.25) is 11.8 Å². The maximum Gasteiger partial charge on any atom is 0.221 e. The lowest BCUT2D eigenvalue weighted by Crippen LogP contribution is -2.28. The van der Waals surface area contributed by atoms with Crippen molar-refractivity contribution >= 4 is 11.8 Å². The highest BCUT2D eigenvalue weighted by Gasteiger charge is 2.17. The van der Waals surface area contributed by atoms with E-state index in [0.717, 1.165) is 5.69 Å². The van der Waals surface area contributed by atoms with Crippen molar-refractivity contribution in [3.8, 4) is 0 Å². The molecule has 0 aliphatic carbocycles. The van der Waals surface area contributed by atoms with Crippen molar-refractivity contribution in [3.63, 3.8) is 0 Å². The van der Waals surface area contributed by atoms with Gasteiger partial charge in [-0.05, 0) is 25.0 Å². The van der Waals surface area contributed by atoms with Crippen molar-refractivity contribution in [2.45, 2.75) is 19.3 Å². The molecule has 2 amide bonds. The Balaban J connectivity index is 2.50. The summed E-state index contributed by atoms with van der Waals surface area (Å²) in [5.41, 5.74) is 11.1. The molecule has 0 spiro atoms. The fourth-order valence-corrected chi connectivity index (χ4v) is 1.46. The Hall–Kier alpha value is -1.91. The molecule has 1 atom stereocenters. The maximum atomic E-state index is 11.1. The number of hydrogen-bond donors (Lipinski definition) is 2. The van der Waals surface area contributed by atoms with Gasteiger partial charge in [-0.3, -0.25) is 14.6 Å². The second-order valence-electron chi connectivity index (χ2n) is 3.63. The number of carbonyl (C=O) groups excluding carboxylic acids is 2. The predicted octanol–water partition coefficient (Wildman–Crippen LogP) is -0.00890. The van der Waals surface area contributed by atoms with E-state index >= 15 is 0 Å². The number of primary amides is 2. The smallest absolute Gasteiger partial charge is 0.221 e. The van der Waals surface area contributed by atoms with Crippen LogP contribution in [0.25, 0.3) is 0 Å². The number of nitrogens with two attached hydrogens (primary N) is 2. The van der Waals surface area contributed by atoms with Gasteiger partial charge in [-0.25, -0.2) is 0 Å². The van der Waals surface area contributed by atoms with Crippen molar-refractivity contribution in [2.75, 3.05) is 0 Å². The van der Waals surface area contributed by atoms with Crippen LogP contribution < -0.4 is 11.5 Å². The van der Waals surface area contributed by atoms with Gasteiger partial charge in [0.15, 0.2) is 0 Å². The second kappa shape index (κ2) is 5.85. The largest absolute Gasteiger partial charge is 0.370 e. The fourth-order valence-electron chi connectivity index (χ4n) is 1.46. The Labute approximate surface area is 93.8 Å². The summed E-state index contributed by atoms with van der Waals surface area (Å²) in [6.07, 6.45) is 2.79. The minimum atomic E-state index is -0.509. The molecular weight excluding hydrogens is 206 g/mol. The van der Waals surface area contributed by atoms with Gasteiger partial charge < -0.3 is 11.5 Å². The van der Waals surface area contributed by atoms with E-state index in [2.05, 4.69) is 4.98 Å². The highest BCUT2D eigenvalue weighted by atomic mass is 16.2. The molecule has 5 heteroatoms. The van der Waals surface area contributed by atoms with Crippen LogP contribution in [-0.4, -0.2) is 16.8 Å². The van der Waals surface area contributed by atoms with Crippen molar-refractivity contribution in [1.29, 1.82) is 0 Å². The lowest BCUT2D eigenvalue weighted by atomic mass is 9.97. The Kier molecular flexibility index (Phi) is 4.44. The molecule has 1 rings (SSSR count). The number of nitrogens with zero attached hydrogens (tertiary/aromatic N) is 1. The van der Waals surface area contributed by atoms with Crippen LogP contribution in [0.3, 0.4) is 0 Å². The first-order chi connectivity index (χ1) is 7.59. The van der Waals surface area contributed by atoms with E-state index in [1.807, 2.05) is 18.2 Å². The van der Waals surface area contributed by atoms with E-state index in [-0.39, 0.29) is 6.42 Å². The number of carbonyl (C=O) groups is 2. The molecular formula is C11H15N3O2. The summed E-state index contributed by atoms with van der Waals surface area (Å²) in [5, 5.41) is 0. The molecule has 0 fully saturated rings. The Morgan fingerprint density at radius 1 is 1.31 bits per heavy atom. The van der Waals surface area contributed by atoms with E-state index in [1.54, 1.807) is 6.20 Å². The van der Waals surface area contributed by atoms with E-state index in [4.69, 9.17) is 11.5 Å². The maximum absolute atomic E-state index is 11.1. The number of hydrogen-bond acceptors (Lipinski definition) is 3. The molecule has 0 aliphatic heterocycles. The first kappa shape index (κ1) is 12.2. The van der Waals surface area contributed by atoms with Crippen LogP contribution >= 0.6 is 0 Å². The molecule has 0 saturated heterocycles. The van der Waals surface area contributed by atoms with Crippen molar-refractivity contribution in [1.82, 2.24) is 4.98 Å². The Bertz CT molecular complexity index is 365. The fraction of sp³-hybridized carbons (Fsp3) is 0.364. The summed E-state index contributed by atoms with van der Waals surface area (Å²) in [6.45, 7) is 0. The highest BCUT2D eigenvalue weighted by molar-refractivity contribution is 5.83. The average Bonchev–Trinajstić information content (AvgIpc) is 2.25. The van der Waals surface area contributed by atoms with E-state index in [1.165, 1.54) is 0 Å². The van der Waals surface area contributed by atoms with Crippen LogP contribution in [0.5, 0.6) is 0 Å². The lowest BCUT2D eigenvalue weighted by molar-refractivity contribution is -0.127. The minimum Gasteiger partial charge on any atom is -0.370 e. The molecule has 5 nitrogen and oxygen atoms in total. The van der Waals surface area contributed by atoms with Gasteiger partial charge in [0.1, 0.15) is 0 Å². The molecule has 4 N–H and O–H groups in total. The normalized spacial score (nSPS) is 12.0. The molecule has 0 saturated carbocycles. The lowest BCUT2D eigenvalue weighted by Gasteiger charge is -2.10. The first-order valence-corrected chi connectivity index (χ1v) is 5.07. The zero-order valence-electron chi connectivity index (χ0n) is 8.93. The van der Waals surface area contributed by atoms with Crippen LogP contribution in [0, 0.1) is 5.92 Å². The highest BCUT2D eigenvalue weighted by Crippen LogP contribution is 2.11. The summed E-state index contributed by atoms with van der Waals surface area (Å²) in [5.74, 6) is -1.50. The van der Waals surface area contributed by atoms with Crippen molar-refractivity contribution in [2.24, 2.45) is 17.4 Å². The molecule has 16 heavy (non-hydrogen) atoms. The average molecular weight is 221 g/mol. The van der Waals surface area contributed by atoms with Crippen LogP contribution in [-0.2, 0) is 16.0 Å². The van der Waals surface area contributed by atoms with Gasteiger partial charge in [0.05, 0.1) is 0 Å². The topological polar surface area (TPSA) is 99.1 Å². The quantitative estimate of drug-likeness (QED) is 0.706. The summed E-state index contributed by atoms with van der Waals surface area (Å²) < 4.78 is 0. The van der Waals surface area contributed by atoms with Gasteiger partial charge in [-0.15, -0.1) is 0 Å². The monoisotopic (exact) mass is 221 g/mol. The predicted molar refractivity (Wildman–Crippen MR) is 59.1 cm³/mol. The number of aryl methyl sites for hydroxylation is 1. The summed E-state index contributed by atoms with van der Waals surface area (Å²) in [7, 11) is 0. The van der Waals surface area contributed by atoms with E-state index in [9.17, 15) is 9.59 Å². The van der Waals surface area contributed by atoms with Crippen LogP contribution in [0.4, 0.5) is 0 Å². The number of pyridine rings is 1. The molecule has 1 unspecified atom stereocenters. The van der Waals surface area contributed by atoms with Crippen LogP contribution in [0.2, 0.25) is 0 Å². The molecule has 0 aliphatic rings. The van der Waals surface area contributed by atoms with Gasteiger partial charge in [-0.2, -0.15) is 0 Å². The zero-order chi connectivity index (χ0) is 12.0. The second-order valence-corrected chi connectivity index (χ2v) is 3.63. The number of aromatic nitrogens is 1. The molecule has 1 heterocycles. The number of rotatable bonds is 6. The Morgan fingerprint density at radius 2 is 2.06 bits per heavy atom. The number of amides is 2. The molecule has 86 valence electrons. The summed E-state index contributed by atoms with van der Waals surface area (Å²) in [4.78, 5) is 25.9. The standard InChI is InChI=1S/C11H15N3O2/c12-10(15)7-8(11(13)16)4-5-9-3-1-2-6-14-9/h1-3,6,8H,4-5,7H2,(H2,12,15)(H2,13,16). The summed E-state index contributed by atoms with van der Waals surface area (Å²) in [6, 6.07) is 5.55. The molecule has 0 aromatic carbocycles. The SMILES string of the molecule is NC(=O)CC(CCc1ccccn1)C(N)=O. The van der Waals surface area contributed by atoms with Crippen molar-refractivity contribution in [3.05, 3.63) is 30.1 Å². The van der Waals surface area contributed by atoms with Gasteiger partial charge in [0.25, 0.3) is 0 Å². The molecule has 1 aromatic rings. The Morgan fingerprint density at radius 3 is 2.56 bits per heavy atom. The van der Waals surface area contributed by atoms with Crippen molar-refractivity contribution < 1.29 is 9.59 Å². The van der Waals surface area contributed by atoms with E-state index in [0.29, 0.717) is 12.8 Å². The van der Waals surface area contributed by atoms with Gasteiger partial charge in [-0.1, -0.05) is 6.07 Å². The first-order valence-electron chi connectivity index (χ1n) is 5.07. The molecule has 0 bridgehead atoms. The van der Waals surface area contributed by atoms with E-state index < -0.39 is 17.7 Å². The van der Waals surface area contributed by atoms with Crippen LogP contribution in [0.15, 0.2) is 24.4 Å². The molecule has 1 aromatic heterocycles.